The van der Waals surface area contributed by atoms with Crippen molar-refractivity contribution in [2.24, 2.45) is 0 Å². The van der Waals surface area contributed by atoms with E-state index < -0.39 is 8.32 Å². The maximum Gasteiger partial charge on any atom is 0.210 e. The Balaban J connectivity index is 4.42. The Kier molecular flexibility index (Phi) is 5.84. The first-order chi connectivity index (χ1) is 6.76. The molecule has 0 radical (unpaired) electrons. The Morgan fingerprint density at radius 2 is 1.60 bits per heavy atom. The van der Waals surface area contributed by atoms with E-state index in [1.54, 1.807) is 0 Å². The summed E-state index contributed by atoms with van der Waals surface area (Å²) in [5.74, 6) is 0. The van der Waals surface area contributed by atoms with Crippen LogP contribution in [-0.4, -0.2) is 14.4 Å². The topological polar surface area (TPSA) is 9.23 Å². The third-order valence-corrected chi connectivity index (χ3v) is 4.04. The summed E-state index contributed by atoms with van der Waals surface area (Å²) in [6.07, 6.45) is 2.05. The second kappa shape index (κ2) is 6.08. The summed E-state index contributed by atoms with van der Waals surface area (Å²) in [6, 6.07) is 0. The van der Waals surface area contributed by atoms with Crippen LogP contribution in [0.3, 0.4) is 0 Å². The zero-order valence-electron chi connectivity index (χ0n) is 10.6. The summed E-state index contributed by atoms with van der Waals surface area (Å²) < 4.78 is 6.11. The summed E-state index contributed by atoms with van der Waals surface area (Å²) in [4.78, 5) is 0. The monoisotopic (exact) mass is 224 g/mol. The molecule has 0 heterocycles. The minimum absolute atomic E-state index is 0.222. The fraction of sp³-hybridized carbons (Fsp3) is 0.538. The molecule has 0 rings (SSSR count). The number of rotatable bonds is 7. The second-order valence-corrected chi connectivity index (χ2v) is 8.72. The van der Waals surface area contributed by atoms with Crippen molar-refractivity contribution in [2.75, 3.05) is 0 Å². The molecule has 0 fully saturated rings. The van der Waals surface area contributed by atoms with Crippen molar-refractivity contribution in [2.45, 2.75) is 45.9 Å². The van der Waals surface area contributed by atoms with Gasteiger partial charge in [-0.05, 0) is 39.8 Å². The van der Waals surface area contributed by atoms with Crippen LogP contribution < -0.4 is 0 Å². The Labute approximate surface area is 95.7 Å². The molecule has 0 aromatic carbocycles. The Morgan fingerprint density at radius 3 is 1.87 bits per heavy atom. The van der Waals surface area contributed by atoms with E-state index in [9.17, 15) is 0 Å². The zero-order chi connectivity index (χ0) is 12.1. The largest absolute Gasteiger partial charge is 0.410 e. The highest BCUT2D eigenvalue weighted by molar-refractivity contribution is 6.76. The minimum Gasteiger partial charge on any atom is -0.410 e. The summed E-state index contributed by atoms with van der Waals surface area (Å²) >= 11 is 0. The van der Waals surface area contributed by atoms with Gasteiger partial charge in [0.15, 0.2) is 0 Å². The predicted molar refractivity (Wildman–Crippen MR) is 71.4 cm³/mol. The van der Waals surface area contributed by atoms with E-state index >= 15 is 0 Å². The van der Waals surface area contributed by atoms with Crippen LogP contribution in [0.5, 0.6) is 0 Å². The van der Waals surface area contributed by atoms with E-state index in [4.69, 9.17) is 4.43 Å². The molecule has 0 unspecified atom stereocenters. The average Bonchev–Trinajstić information content (AvgIpc) is 2.00. The molecule has 0 atom stereocenters. The molecule has 0 saturated heterocycles. The van der Waals surface area contributed by atoms with Crippen LogP contribution in [0.4, 0.5) is 0 Å². The third kappa shape index (κ3) is 7.34. The van der Waals surface area contributed by atoms with Gasteiger partial charge in [-0.2, -0.15) is 0 Å². The molecular formula is C13H24OSi. The molecule has 0 aromatic heterocycles. The van der Waals surface area contributed by atoms with Gasteiger partial charge in [-0.3, -0.25) is 0 Å². The van der Waals surface area contributed by atoms with Gasteiger partial charge in [0.25, 0.3) is 0 Å². The van der Waals surface area contributed by atoms with Crippen molar-refractivity contribution in [3.05, 3.63) is 36.6 Å². The van der Waals surface area contributed by atoms with Crippen molar-refractivity contribution in [1.29, 1.82) is 0 Å². The molecular weight excluding hydrogens is 200 g/mol. The van der Waals surface area contributed by atoms with Crippen LogP contribution in [0.2, 0.25) is 13.1 Å². The maximum absolute atomic E-state index is 6.11. The van der Waals surface area contributed by atoms with E-state index in [-0.39, 0.29) is 6.10 Å². The standard InChI is InChI=1S/C13H24OSi/c1-8-15(6,7)14-13(9-11(2)3)10-12(4)5/h8,13H,1-2,4,9-10H2,3,5-7H3. The van der Waals surface area contributed by atoms with E-state index in [1.165, 1.54) is 0 Å². The fourth-order valence-corrected chi connectivity index (χ4v) is 2.53. The zero-order valence-corrected chi connectivity index (χ0v) is 11.6. The van der Waals surface area contributed by atoms with Crippen LogP contribution in [0.15, 0.2) is 36.6 Å². The molecule has 1 nitrogen and oxygen atoms in total. The highest BCUT2D eigenvalue weighted by Gasteiger charge is 2.23. The van der Waals surface area contributed by atoms with Gasteiger partial charge in [0.2, 0.25) is 8.32 Å². The molecule has 15 heavy (non-hydrogen) atoms. The molecule has 0 spiro atoms. The fourth-order valence-electron chi connectivity index (χ4n) is 1.41. The number of hydrogen-bond donors (Lipinski definition) is 0. The Morgan fingerprint density at radius 1 is 1.20 bits per heavy atom. The van der Waals surface area contributed by atoms with Gasteiger partial charge in [-0.15, -0.1) is 19.7 Å². The molecule has 0 bridgehead atoms. The van der Waals surface area contributed by atoms with Gasteiger partial charge in [-0.25, -0.2) is 0 Å². The quantitative estimate of drug-likeness (QED) is 0.464. The Hall–Kier alpha value is -0.603. The lowest BCUT2D eigenvalue weighted by Gasteiger charge is -2.27. The van der Waals surface area contributed by atoms with Crippen molar-refractivity contribution in [3.8, 4) is 0 Å². The SMILES string of the molecule is C=C[Si](C)(C)OC(CC(=C)C)CC(=C)C. The lowest BCUT2D eigenvalue weighted by atomic mass is 10.1. The first-order valence-corrected chi connectivity index (χ1v) is 8.35. The highest BCUT2D eigenvalue weighted by atomic mass is 28.4. The van der Waals surface area contributed by atoms with E-state index in [1.807, 2.05) is 19.5 Å². The molecule has 0 aliphatic carbocycles. The smallest absolute Gasteiger partial charge is 0.210 e. The molecule has 0 aromatic rings. The summed E-state index contributed by atoms with van der Waals surface area (Å²) in [6.45, 7) is 20.1. The molecule has 0 aliphatic rings. The minimum atomic E-state index is -1.69. The lowest BCUT2D eigenvalue weighted by Crippen LogP contribution is -2.33. The second-order valence-electron chi connectivity index (χ2n) is 4.87. The average molecular weight is 224 g/mol. The van der Waals surface area contributed by atoms with Crippen molar-refractivity contribution < 1.29 is 4.43 Å². The molecule has 2 heteroatoms. The first kappa shape index (κ1) is 14.4. The predicted octanol–water partition coefficient (Wildman–Crippen LogP) is 4.23. The Bertz CT molecular complexity index is 237. The molecule has 0 aliphatic heterocycles. The molecule has 86 valence electrons. The van der Waals surface area contributed by atoms with E-state index in [2.05, 4.69) is 32.8 Å². The van der Waals surface area contributed by atoms with E-state index in [0.29, 0.717) is 0 Å². The molecule has 0 amide bonds. The van der Waals surface area contributed by atoms with Gasteiger partial charge in [0.05, 0.1) is 6.10 Å². The first-order valence-electron chi connectivity index (χ1n) is 5.37. The van der Waals surface area contributed by atoms with Gasteiger partial charge >= 0.3 is 0 Å². The van der Waals surface area contributed by atoms with Crippen LogP contribution in [-0.2, 0) is 4.43 Å². The van der Waals surface area contributed by atoms with Crippen LogP contribution in [0, 0.1) is 0 Å². The van der Waals surface area contributed by atoms with Gasteiger partial charge < -0.3 is 4.43 Å². The van der Waals surface area contributed by atoms with Crippen molar-refractivity contribution in [3.63, 3.8) is 0 Å². The number of hydrogen-bond acceptors (Lipinski definition) is 1. The van der Waals surface area contributed by atoms with Crippen LogP contribution in [0.25, 0.3) is 0 Å². The molecule has 0 saturated carbocycles. The molecule has 0 N–H and O–H groups in total. The van der Waals surface area contributed by atoms with Crippen LogP contribution in [0.1, 0.15) is 26.7 Å². The maximum atomic E-state index is 6.11. The summed E-state index contributed by atoms with van der Waals surface area (Å²) in [5.41, 5.74) is 4.29. The normalized spacial score (nSPS) is 11.5. The van der Waals surface area contributed by atoms with Crippen molar-refractivity contribution in [1.82, 2.24) is 0 Å². The summed E-state index contributed by atoms with van der Waals surface area (Å²) in [5, 5.41) is 0. The van der Waals surface area contributed by atoms with Gasteiger partial charge in [0.1, 0.15) is 0 Å². The summed E-state index contributed by atoms with van der Waals surface area (Å²) in [7, 11) is -1.69. The third-order valence-electron chi connectivity index (χ3n) is 2.11. The van der Waals surface area contributed by atoms with Gasteiger partial charge in [0, 0.05) is 0 Å². The highest BCUT2D eigenvalue weighted by Crippen LogP contribution is 2.19. The van der Waals surface area contributed by atoms with E-state index in [0.717, 1.165) is 24.0 Å². The van der Waals surface area contributed by atoms with Crippen molar-refractivity contribution >= 4 is 8.32 Å². The van der Waals surface area contributed by atoms with Crippen LogP contribution >= 0.6 is 0 Å². The lowest BCUT2D eigenvalue weighted by molar-refractivity contribution is 0.197. The van der Waals surface area contributed by atoms with Gasteiger partial charge in [-0.1, -0.05) is 16.8 Å².